The van der Waals surface area contributed by atoms with E-state index in [1.807, 2.05) is 24.3 Å². The summed E-state index contributed by atoms with van der Waals surface area (Å²) in [6, 6.07) is 8.17. The molecule has 1 aromatic carbocycles. The lowest BCUT2D eigenvalue weighted by Crippen LogP contribution is -2.38. The number of para-hydroxylation sites is 2. The van der Waals surface area contributed by atoms with E-state index in [0.29, 0.717) is 6.04 Å². The first-order valence-electron chi connectivity index (χ1n) is 6.80. The fourth-order valence-corrected chi connectivity index (χ4v) is 1.67. The molecule has 0 amide bonds. The number of likely N-dealkylation sites (N-methyl/N-ethyl adjacent to an activating group) is 1. The molecule has 0 saturated carbocycles. The van der Waals surface area contributed by atoms with Gasteiger partial charge in [0.1, 0.15) is 6.10 Å². The normalized spacial score (nSPS) is 14.0. The second-order valence-electron chi connectivity index (χ2n) is 4.46. The third kappa shape index (κ3) is 4.57. The van der Waals surface area contributed by atoms with Crippen molar-refractivity contribution >= 4 is 0 Å². The summed E-state index contributed by atoms with van der Waals surface area (Å²) in [5.74, 6) is 1.65. The molecule has 0 spiro atoms. The summed E-state index contributed by atoms with van der Waals surface area (Å²) in [7, 11) is 0. The Kier molecular flexibility index (Phi) is 6.58. The molecule has 0 bridgehead atoms. The highest BCUT2D eigenvalue weighted by atomic mass is 16.5. The van der Waals surface area contributed by atoms with Crippen LogP contribution in [0.25, 0.3) is 0 Å². The van der Waals surface area contributed by atoms with Crippen LogP contribution in [0.5, 0.6) is 11.5 Å². The number of hydrogen-bond donors (Lipinski definition) is 1. The lowest BCUT2D eigenvalue weighted by atomic mass is 10.2. The van der Waals surface area contributed by atoms with Crippen molar-refractivity contribution in [2.24, 2.45) is 0 Å². The summed E-state index contributed by atoms with van der Waals surface area (Å²) in [5.41, 5.74) is 0. The Morgan fingerprint density at radius 2 is 1.78 bits per heavy atom. The van der Waals surface area contributed by atoms with E-state index in [2.05, 4.69) is 33.0 Å². The first-order valence-corrected chi connectivity index (χ1v) is 6.80. The maximum atomic E-state index is 5.97. The van der Waals surface area contributed by atoms with E-state index in [-0.39, 0.29) is 6.10 Å². The third-order valence-electron chi connectivity index (χ3n) is 2.85. The molecule has 0 fully saturated rings. The standard InChI is InChI=1S/C15H25NO2/c1-5-11-17-14-9-7-8-10-15(14)18-13(4)12(3)16-6-2/h7-10,12-13,16H,5-6,11H2,1-4H3. The molecule has 1 aromatic rings. The fraction of sp³-hybridized carbons (Fsp3) is 0.600. The molecule has 0 saturated heterocycles. The molecule has 3 nitrogen and oxygen atoms in total. The smallest absolute Gasteiger partial charge is 0.161 e. The van der Waals surface area contributed by atoms with Crippen LogP contribution in [0, 0.1) is 0 Å². The quantitative estimate of drug-likeness (QED) is 0.769. The Bertz CT molecular complexity index is 341. The summed E-state index contributed by atoms with van der Waals surface area (Å²) >= 11 is 0. The van der Waals surface area contributed by atoms with Gasteiger partial charge in [0, 0.05) is 6.04 Å². The summed E-state index contributed by atoms with van der Waals surface area (Å²) in [6.45, 7) is 10.1. The molecular formula is C15H25NO2. The minimum absolute atomic E-state index is 0.108. The van der Waals surface area contributed by atoms with Crippen LogP contribution in [0.15, 0.2) is 24.3 Å². The van der Waals surface area contributed by atoms with E-state index in [0.717, 1.165) is 31.1 Å². The predicted molar refractivity (Wildman–Crippen MR) is 75.5 cm³/mol. The fourth-order valence-electron chi connectivity index (χ4n) is 1.67. The molecule has 0 aliphatic carbocycles. The van der Waals surface area contributed by atoms with Gasteiger partial charge in [-0.2, -0.15) is 0 Å². The molecule has 1 N–H and O–H groups in total. The van der Waals surface area contributed by atoms with Crippen LogP contribution in [0.2, 0.25) is 0 Å². The SMILES string of the molecule is CCCOc1ccccc1OC(C)C(C)NCC. The first kappa shape index (κ1) is 14.8. The van der Waals surface area contributed by atoms with Gasteiger partial charge in [0.05, 0.1) is 6.61 Å². The van der Waals surface area contributed by atoms with Gasteiger partial charge in [-0.1, -0.05) is 26.0 Å². The average Bonchev–Trinajstić information content (AvgIpc) is 2.38. The van der Waals surface area contributed by atoms with Crippen LogP contribution in [0.4, 0.5) is 0 Å². The third-order valence-corrected chi connectivity index (χ3v) is 2.85. The van der Waals surface area contributed by atoms with E-state index in [1.54, 1.807) is 0 Å². The first-order chi connectivity index (χ1) is 8.69. The molecule has 18 heavy (non-hydrogen) atoms. The topological polar surface area (TPSA) is 30.5 Å². The number of hydrogen-bond acceptors (Lipinski definition) is 3. The largest absolute Gasteiger partial charge is 0.490 e. The summed E-state index contributed by atoms with van der Waals surface area (Å²) in [6.07, 6.45) is 1.11. The molecule has 0 radical (unpaired) electrons. The van der Waals surface area contributed by atoms with Gasteiger partial charge in [-0.25, -0.2) is 0 Å². The Balaban J connectivity index is 2.65. The molecular weight excluding hydrogens is 226 g/mol. The van der Waals surface area contributed by atoms with Crippen molar-refractivity contribution in [2.75, 3.05) is 13.2 Å². The van der Waals surface area contributed by atoms with Gasteiger partial charge in [0.15, 0.2) is 11.5 Å². The Morgan fingerprint density at radius 3 is 2.39 bits per heavy atom. The molecule has 2 unspecified atom stereocenters. The van der Waals surface area contributed by atoms with Gasteiger partial charge in [-0.05, 0) is 38.9 Å². The van der Waals surface area contributed by atoms with Gasteiger partial charge in [-0.15, -0.1) is 0 Å². The second-order valence-corrected chi connectivity index (χ2v) is 4.46. The number of rotatable bonds is 8. The monoisotopic (exact) mass is 251 g/mol. The molecule has 3 heteroatoms. The summed E-state index contributed by atoms with van der Waals surface area (Å²) < 4.78 is 11.7. The van der Waals surface area contributed by atoms with Gasteiger partial charge < -0.3 is 14.8 Å². The zero-order valence-electron chi connectivity index (χ0n) is 11.9. The second kappa shape index (κ2) is 7.98. The van der Waals surface area contributed by atoms with Crippen molar-refractivity contribution in [3.05, 3.63) is 24.3 Å². The lowest BCUT2D eigenvalue weighted by molar-refractivity contribution is 0.169. The van der Waals surface area contributed by atoms with Crippen molar-refractivity contribution in [3.63, 3.8) is 0 Å². The van der Waals surface area contributed by atoms with Crippen molar-refractivity contribution in [2.45, 2.75) is 46.3 Å². The van der Waals surface area contributed by atoms with Crippen molar-refractivity contribution in [3.8, 4) is 11.5 Å². The number of nitrogens with one attached hydrogen (secondary N) is 1. The highest BCUT2D eigenvalue weighted by Crippen LogP contribution is 2.27. The van der Waals surface area contributed by atoms with Crippen LogP contribution in [-0.4, -0.2) is 25.3 Å². The van der Waals surface area contributed by atoms with E-state index in [4.69, 9.17) is 9.47 Å². The Morgan fingerprint density at radius 1 is 1.11 bits per heavy atom. The molecule has 0 aliphatic heterocycles. The van der Waals surface area contributed by atoms with Gasteiger partial charge >= 0.3 is 0 Å². The Labute approximate surface area is 110 Å². The van der Waals surface area contributed by atoms with E-state index < -0.39 is 0 Å². The van der Waals surface area contributed by atoms with Crippen LogP contribution < -0.4 is 14.8 Å². The summed E-state index contributed by atoms with van der Waals surface area (Å²) in [4.78, 5) is 0. The number of benzene rings is 1. The molecule has 1 rings (SSSR count). The zero-order valence-corrected chi connectivity index (χ0v) is 11.9. The van der Waals surface area contributed by atoms with Crippen LogP contribution in [0.1, 0.15) is 34.1 Å². The van der Waals surface area contributed by atoms with E-state index in [1.165, 1.54) is 0 Å². The summed E-state index contributed by atoms with van der Waals surface area (Å²) in [5, 5.41) is 3.36. The molecule has 0 aliphatic rings. The highest BCUT2D eigenvalue weighted by Gasteiger charge is 2.14. The molecule has 0 aromatic heterocycles. The van der Waals surface area contributed by atoms with E-state index >= 15 is 0 Å². The maximum absolute atomic E-state index is 5.97. The Hall–Kier alpha value is -1.22. The molecule has 0 heterocycles. The minimum atomic E-state index is 0.108. The van der Waals surface area contributed by atoms with Crippen LogP contribution in [0.3, 0.4) is 0 Å². The maximum Gasteiger partial charge on any atom is 0.161 e. The van der Waals surface area contributed by atoms with Crippen molar-refractivity contribution in [1.29, 1.82) is 0 Å². The average molecular weight is 251 g/mol. The van der Waals surface area contributed by atoms with Gasteiger partial charge in [-0.3, -0.25) is 0 Å². The van der Waals surface area contributed by atoms with Crippen molar-refractivity contribution < 1.29 is 9.47 Å². The molecule has 2 atom stereocenters. The van der Waals surface area contributed by atoms with Crippen molar-refractivity contribution in [1.82, 2.24) is 5.32 Å². The zero-order chi connectivity index (χ0) is 13.4. The predicted octanol–water partition coefficient (Wildman–Crippen LogP) is 3.24. The van der Waals surface area contributed by atoms with Crippen LogP contribution >= 0.6 is 0 Å². The lowest BCUT2D eigenvalue weighted by Gasteiger charge is -2.23. The van der Waals surface area contributed by atoms with E-state index in [9.17, 15) is 0 Å². The number of ether oxygens (including phenoxy) is 2. The van der Waals surface area contributed by atoms with Gasteiger partial charge in [0.25, 0.3) is 0 Å². The van der Waals surface area contributed by atoms with Crippen LogP contribution in [-0.2, 0) is 0 Å². The minimum Gasteiger partial charge on any atom is -0.490 e. The highest BCUT2D eigenvalue weighted by molar-refractivity contribution is 5.39. The van der Waals surface area contributed by atoms with Gasteiger partial charge in [0.2, 0.25) is 0 Å². The molecule has 102 valence electrons.